The normalized spacial score (nSPS) is 11.0. The van der Waals surface area contributed by atoms with E-state index in [1.165, 1.54) is 0 Å². The van der Waals surface area contributed by atoms with Crippen LogP contribution in [-0.2, 0) is 16.1 Å². The molecule has 0 bridgehead atoms. The summed E-state index contributed by atoms with van der Waals surface area (Å²) in [5, 5.41) is 10.4. The number of nitrogens with zero attached hydrogens (tertiary/aromatic N) is 2. The van der Waals surface area contributed by atoms with Crippen LogP contribution >= 0.6 is 0 Å². The summed E-state index contributed by atoms with van der Waals surface area (Å²) >= 11 is 0. The molecule has 0 saturated heterocycles. The van der Waals surface area contributed by atoms with Crippen molar-refractivity contribution in [3.8, 4) is 0 Å². The molecule has 114 valence electrons. The van der Waals surface area contributed by atoms with Crippen molar-refractivity contribution in [1.82, 2.24) is 20.4 Å². The van der Waals surface area contributed by atoms with E-state index in [9.17, 15) is 4.79 Å². The van der Waals surface area contributed by atoms with Gasteiger partial charge >= 0.3 is 0 Å². The number of rotatable bonds is 10. The molecule has 1 amide bonds. The average Bonchev–Trinajstić information content (AvgIpc) is 2.89. The van der Waals surface area contributed by atoms with Crippen LogP contribution in [0.15, 0.2) is 12.3 Å². The average molecular weight is 282 g/mol. The highest BCUT2D eigenvalue weighted by molar-refractivity contribution is 5.77. The molecule has 0 radical (unpaired) electrons. The Balaban J connectivity index is 2.27. The van der Waals surface area contributed by atoms with Gasteiger partial charge in [0.2, 0.25) is 5.91 Å². The first-order chi connectivity index (χ1) is 9.71. The van der Waals surface area contributed by atoms with Crippen LogP contribution in [0.2, 0.25) is 0 Å². The second-order valence-electron chi connectivity index (χ2n) is 4.70. The van der Waals surface area contributed by atoms with Crippen LogP contribution in [0.4, 0.5) is 0 Å². The Morgan fingerprint density at radius 2 is 2.20 bits per heavy atom. The quantitative estimate of drug-likeness (QED) is 0.631. The molecule has 6 heteroatoms. The van der Waals surface area contributed by atoms with Crippen molar-refractivity contribution in [2.45, 2.75) is 39.3 Å². The Kier molecular flexibility index (Phi) is 7.91. The van der Waals surface area contributed by atoms with E-state index >= 15 is 0 Å². The Bertz CT molecular complexity index is 388. The van der Waals surface area contributed by atoms with E-state index in [1.807, 2.05) is 16.9 Å². The number of methoxy groups -OCH3 is 1. The van der Waals surface area contributed by atoms with Gasteiger partial charge in [-0.25, -0.2) is 0 Å². The lowest BCUT2D eigenvalue weighted by Gasteiger charge is -2.12. The lowest BCUT2D eigenvalue weighted by molar-refractivity contribution is -0.120. The molecule has 20 heavy (non-hydrogen) atoms. The summed E-state index contributed by atoms with van der Waals surface area (Å²) < 4.78 is 6.87. The second-order valence-corrected chi connectivity index (χ2v) is 4.70. The van der Waals surface area contributed by atoms with Gasteiger partial charge in [-0.2, -0.15) is 5.10 Å². The monoisotopic (exact) mass is 282 g/mol. The maximum absolute atomic E-state index is 11.5. The van der Waals surface area contributed by atoms with Gasteiger partial charge < -0.3 is 15.4 Å². The molecule has 0 aliphatic rings. The van der Waals surface area contributed by atoms with Crippen LogP contribution in [0.3, 0.4) is 0 Å². The Hall–Kier alpha value is -1.40. The van der Waals surface area contributed by atoms with E-state index in [1.54, 1.807) is 7.11 Å². The molecule has 0 spiro atoms. The minimum absolute atomic E-state index is 0.0264. The van der Waals surface area contributed by atoms with E-state index in [0.29, 0.717) is 32.3 Å². The summed E-state index contributed by atoms with van der Waals surface area (Å²) in [4.78, 5) is 11.5. The third kappa shape index (κ3) is 5.71. The van der Waals surface area contributed by atoms with Crippen LogP contribution < -0.4 is 10.6 Å². The summed E-state index contributed by atoms with van der Waals surface area (Å²) in [5.41, 5.74) is 0.960. The molecule has 0 aromatic carbocycles. The Labute approximate surface area is 120 Å². The molecular formula is C14H26N4O2. The lowest BCUT2D eigenvalue weighted by Crippen LogP contribution is -2.35. The molecule has 1 aromatic heterocycles. The first-order valence-electron chi connectivity index (χ1n) is 7.21. The summed E-state index contributed by atoms with van der Waals surface area (Å²) in [6.45, 7) is 6.30. The molecular weight excluding hydrogens is 256 g/mol. The number of amides is 1. The van der Waals surface area contributed by atoms with Crippen LogP contribution in [-0.4, -0.2) is 42.5 Å². The zero-order chi connectivity index (χ0) is 14.8. The molecule has 1 aromatic rings. The third-order valence-electron chi connectivity index (χ3n) is 3.20. The van der Waals surface area contributed by atoms with Crippen LogP contribution in [0.25, 0.3) is 0 Å². The fourth-order valence-electron chi connectivity index (χ4n) is 2.00. The topological polar surface area (TPSA) is 68.2 Å². The van der Waals surface area contributed by atoms with Crippen molar-refractivity contribution in [2.24, 2.45) is 0 Å². The van der Waals surface area contributed by atoms with Gasteiger partial charge in [0.1, 0.15) is 0 Å². The number of carbonyl (C=O) groups is 1. The highest BCUT2D eigenvalue weighted by atomic mass is 16.5. The predicted octanol–water partition coefficient (Wildman–Crippen LogP) is 1.10. The number of ether oxygens (including phenoxy) is 1. The minimum Gasteiger partial charge on any atom is -0.383 e. The van der Waals surface area contributed by atoms with E-state index in [4.69, 9.17) is 4.74 Å². The van der Waals surface area contributed by atoms with Crippen molar-refractivity contribution in [1.29, 1.82) is 0 Å². The molecule has 1 rings (SSSR count). The van der Waals surface area contributed by atoms with Gasteiger partial charge in [-0.15, -0.1) is 0 Å². The van der Waals surface area contributed by atoms with E-state index in [0.717, 1.165) is 18.5 Å². The number of aromatic nitrogens is 2. The zero-order valence-electron chi connectivity index (χ0n) is 12.7. The number of nitrogens with one attached hydrogen (secondary N) is 2. The molecule has 1 heterocycles. The van der Waals surface area contributed by atoms with Gasteiger partial charge in [-0.3, -0.25) is 9.48 Å². The van der Waals surface area contributed by atoms with Gasteiger partial charge in [0, 0.05) is 26.4 Å². The number of hydrogen-bond acceptors (Lipinski definition) is 4. The van der Waals surface area contributed by atoms with Gasteiger partial charge in [-0.1, -0.05) is 13.8 Å². The number of hydrogen-bond donors (Lipinski definition) is 2. The minimum atomic E-state index is -0.0264. The molecule has 0 unspecified atom stereocenters. The summed E-state index contributed by atoms with van der Waals surface area (Å²) in [5.74, 6) is -0.0264. The third-order valence-corrected chi connectivity index (χ3v) is 3.20. The molecule has 0 atom stereocenters. The first-order valence-corrected chi connectivity index (χ1v) is 7.21. The second kappa shape index (κ2) is 9.50. The smallest absolute Gasteiger partial charge is 0.234 e. The van der Waals surface area contributed by atoms with Crippen molar-refractivity contribution < 1.29 is 9.53 Å². The molecule has 2 N–H and O–H groups in total. The first kappa shape index (κ1) is 16.7. The Morgan fingerprint density at radius 3 is 2.85 bits per heavy atom. The fourth-order valence-corrected chi connectivity index (χ4v) is 2.00. The molecule has 6 nitrogen and oxygen atoms in total. The molecule has 0 fully saturated rings. The van der Waals surface area contributed by atoms with Crippen molar-refractivity contribution in [2.75, 3.05) is 26.8 Å². The maximum Gasteiger partial charge on any atom is 0.234 e. The van der Waals surface area contributed by atoms with Gasteiger partial charge in [0.15, 0.2) is 0 Å². The van der Waals surface area contributed by atoms with E-state index < -0.39 is 0 Å². The van der Waals surface area contributed by atoms with Gasteiger partial charge in [-0.05, 0) is 18.9 Å². The molecule has 0 saturated carbocycles. The lowest BCUT2D eigenvalue weighted by atomic mass is 10.2. The van der Waals surface area contributed by atoms with Crippen molar-refractivity contribution in [3.63, 3.8) is 0 Å². The van der Waals surface area contributed by atoms with E-state index in [-0.39, 0.29) is 5.91 Å². The highest BCUT2D eigenvalue weighted by Gasteiger charge is 2.08. The standard InChI is InChI=1S/C14H26N4O2/c1-4-13(5-2)18-8-6-12(17-18)10-15-11-14(19)16-7-9-20-3/h6,8,13,15H,4-5,7,9-11H2,1-3H3,(H,16,19). The summed E-state index contributed by atoms with van der Waals surface area (Å²) in [7, 11) is 1.61. The largest absolute Gasteiger partial charge is 0.383 e. The fraction of sp³-hybridized carbons (Fsp3) is 0.714. The summed E-state index contributed by atoms with van der Waals surface area (Å²) in [6, 6.07) is 2.45. The van der Waals surface area contributed by atoms with Crippen molar-refractivity contribution >= 4 is 5.91 Å². The van der Waals surface area contributed by atoms with Crippen LogP contribution in [0.1, 0.15) is 38.4 Å². The highest BCUT2D eigenvalue weighted by Crippen LogP contribution is 2.14. The summed E-state index contributed by atoms with van der Waals surface area (Å²) in [6.07, 6.45) is 4.16. The SMILES string of the molecule is CCC(CC)n1ccc(CNCC(=O)NCCOC)n1. The molecule has 0 aliphatic heterocycles. The van der Waals surface area contributed by atoms with E-state index in [2.05, 4.69) is 29.6 Å². The Morgan fingerprint density at radius 1 is 1.45 bits per heavy atom. The van der Waals surface area contributed by atoms with Crippen LogP contribution in [0, 0.1) is 0 Å². The van der Waals surface area contributed by atoms with Crippen molar-refractivity contribution in [3.05, 3.63) is 18.0 Å². The number of carbonyl (C=O) groups excluding carboxylic acids is 1. The van der Waals surface area contributed by atoms with Gasteiger partial charge in [0.05, 0.1) is 24.9 Å². The zero-order valence-corrected chi connectivity index (χ0v) is 12.7. The van der Waals surface area contributed by atoms with Gasteiger partial charge in [0.25, 0.3) is 0 Å². The molecule has 0 aliphatic carbocycles. The maximum atomic E-state index is 11.5. The van der Waals surface area contributed by atoms with Crippen LogP contribution in [0.5, 0.6) is 0 Å². The predicted molar refractivity (Wildman–Crippen MR) is 78.4 cm³/mol.